The topological polar surface area (TPSA) is 98.9 Å². The third-order valence-electron chi connectivity index (χ3n) is 4.05. The van der Waals surface area contributed by atoms with E-state index in [4.69, 9.17) is 10.5 Å². The van der Waals surface area contributed by atoms with Gasteiger partial charge in [0.15, 0.2) is 11.3 Å². The number of H-pyrrole nitrogens is 1. The first-order valence-corrected chi connectivity index (χ1v) is 8.42. The van der Waals surface area contributed by atoms with Crippen LogP contribution in [0.4, 0.5) is 19.0 Å². The Balaban J connectivity index is 1.44. The van der Waals surface area contributed by atoms with Gasteiger partial charge in [0.05, 0.1) is 0 Å². The van der Waals surface area contributed by atoms with Crippen molar-refractivity contribution in [3.05, 3.63) is 60.2 Å². The molecule has 2 aromatic carbocycles. The number of ether oxygens (including phenoxy) is 2. The number of anilines is 1. The number of nitrogens with zero attached hydrogens (tertiary/aromatic N) is 3. The van der Waals surface area contributed by atoms with Gasteiger partial charge in [-0.05, 0) is 28.8 Å². The van der Waals surface area contributed by atoms with E-state index in [1.54, 1.807) is 18.2 Å². The molecule has 0 aliphatic heterocycles. The first-order chi connectivity index (χ1) is 13.9. The van der Waals surface area contributed by atoms with Crippen LogP contribution >= 0.6 is 0 Å². The zero-order chi connectivity index (χ0) is 20.4. The summed E-state index contributed by atoms with van der Waals surface area (Å²) in [7, 11) is 0. The number of aromatic nitrogens is 4. The quantitative estimate of drug-likeness (QED) is 0.523. The van der Waals surface area contributed by atoms with Crippen LogP contribution in [-0.4, -0.2) is 26.8 Å². The average molecular weight is 401 g/mol. The number of rotatable bonds is 5. The van der Waals surface area contributed by atoms with Crippen LogP contribution in [-0.2, 0) is 6.61 Å². The first-order valence-electron chi connectivity index (χ1n) is 8.42. The number of fused-ring (bicyclic) bond motifs is 1. The van der Waals surface area contributed by atoms with Crippen molar-refractivity contribution >= 4 is 17.0 Å². The summed E-state index contributed by atoms with van der Waals surface area (Å²) in [6.07, 6.45) is -4.71. The second kappa shape index (κ2) is 7.30. The number of pyridine rings is 1. The molecule has 0 amide bonds. The molecule has 29 heavy (non-hydrogen) atoms. The zero-order valence-corrected chi connectivity index (χ0v) is 14.8. The van der Waals surface area contributed by atoms with Gasteiger partial charge in [0.2, 0.25) is 5.65 Å². The van der Waals surface area contributed by atoms with Crippen LogP contribution < -0.4 is 15.2 Å². The van der Waals surface area contributed by atoms with E-state index < -0.39 is 6.36 Å². The van der Waals surface area contributed by atoms with E-state index in [9.17, 15) is 13.2 Å². The Kier molecular flexibility index (Phi) is 4.67. The Morgan fingerprint density at radius 3 is 2.24 bits per heavy atom. The molecule has 7 nitrogen and oxygen atoms in total. The fraction of sp³-hybridized carbons (Fsp3) is 0.105. The minimum absolute atomic E-state index is 0.262. The summed E-state index contributed by atoms with van der Waals surface area (Å²) in [5.74, 6) is 0.474. The standard InChI is InChI=1S/C19H14F3N5O2/c20-19(21,22)29-14-7-5-13(6-8-14)12-3-1-11(2-4-12)10-28-15-9-16(23)24-18-17(15)25-27-26-18/h1-9H,10H2,(H3,23,24,25,26,27). The van der Waals surface area contributed by atoms with E-state index in [1.165, 1.54) is 12.1 Å². The lowest BCUT2D eigenvalue weighted by Crippen LogP contribution is -2.16. The Bertz CT molecular complexity index is 1130. The van der Waals surface area contributed by atoms with Crippen molar-refractivity contribution in [2.75, 3.05) is 5.73 Å². The van der Waals surface area contributed by atoms with Gasteiger partial charge in [0.25, 0.3) is 0 Å². The van der Waals surface area contributed by atoms with Gasteiger partial charge >= 0.3 is 6.36 Å². The highest BCUT2D eigenvalue weighted by molar-refractivity contribution is 5.78. The van der Waals surface area contributed by atoms with Crippen molar-refractivity contribution in [2.45, 2.75) is 13.0 Å². The number of hydrogen-bond donors (Lipinski definition) is 2. The molecule has 0 saturated heterocycles. The maximum absolute atomic E-state index is 12.2. The Labute approximate surface area is 162 Å². The summed E-state index contributed by atoms with van der Waals surface area (Å²) < 4.78 is 46.4. The van der Waals surface area contributed by atoms with E-state index in [1.807, 2.05) is 24.3 Å². The molecule has 0 spiro atoms. The first kappa shape index (κ1) is 18.5. The van der Waals surface area contributed by atoms with Gasteiger partial charge in [-0.2, -0.15) is 10.3 Å². The Hall–Kier alpha value is -3.82. The van der Waals surface area contributed by atoms with Crippen molar-refractivity contribution < 1.29 is 22.6 Å². The summed E-state index contributed by atoms with van der Waals surface area (Å²) in [4.78, 5) is 4.04. The highest BCUT2D eigenvalue weighted by Gasteiger charge is 2.30. The molecule has 0 fully saturated rings. The van der Waals surface area contributed by atoms with Crippen molar-refractivity contribution in [3.8, 4) is 22.6 Å². The fourth-order valence-corrected chi connectivity index (χ4v) is 2.74. The van der Waals surface area contributed by atoms with Gasteiger partial charge in [-0.25, -0.2) is 4.98 Å². The van der Waals surface area contributed by atoms with Gasteiger partial charge in [-0.15, -0.1) is 18.3 Å². The van der Waals surface area contributed by atoms with Gasteiger partial charge < -0.3 is 15.2 Å². The maximum atomic E-state index is 12.2. The van der Waals surface area contributed by atoms with Gasteiger partial charge in [0, 0.05) is 6.07 Å². The smallest absolute Gasteiger partial charge is 0.486 e. The zero-order valence-electron chi connectivity index (χ0n) is 14.8. The SMILES string of the molecule is Nc1cc(OCc2ccc(-c3ccc(OC(F)(F)F)cc3)cc2)c2n[nH]nc2n1. The van der Waals surface area contributed by atoms with E-state index in [0.29, 0.717) is 16.9 Å². The highest BCUT2D eigenvalue weighted by Crippen LogP contribution is 2.27. The summed E-state index contributed by atoms with van der Waals surface area (Å²) in [5.41, 5.74) is 9.09. The fourth-order valence-electron chi connectivity index (χ4n) is 2.74. The van der Waals surface area contributed by atoms with Gasteiger partial charge in [0.1, 0.15) is 18.2 Å². The van der Waals surface area contributed by atoms with Gasteiger partial charge in [-0.3, -0.25) is 0 Å². The van der Waals surface area contributed by atoms with E-state index in [0.717, 1.165) is 16.7 Å². The predicted molar refractivity (Wildman–Crippen MR) is 99.0 cm³/mol. The van der Waals surface area contributed by atoms with Crippen molar-refractivity contribution in [2.24, 2.45) is 0 Å². The number of nitrogen functional groups attached to an aromatic ring is 1. The normalized spacial score (nSPS) is 11.6. The molecular formula is C19H14F3N5O2. The molecule has 4 rings (SSSR count). The number of aromatic amines is 1. The third-order valence-corrected chi connectivity index (χ3v) is 4.05. The molecule has 3 N–H and O–H groups in total. The van der Waals surface area contributed by atoms with Crippen LogP contribution in [0.25, 0.3) is 22.3 Å². The largest absolute Gasteiger partial charge is 0.573 e. The molecule has 0 atom stereocenters. The van der Waals surface area contributed by atoms with Crippen molar-refractivity contribution in [3.63, 3.8) is 0 Å². The number of nitrogens with two attached hydrogens (primary N) is 1. The molecule has 2 aromatic heterocycles. The molecule has 4 aromatic rings. The lowest BCUT2D eigenvalue weighted by Gasteiger charge is -2.10. The summed E-state index contributed by atoms with van der Waals surface area (Å²) in [6.45, 7) is 0.268. The molecule has 0 aliphatic rings. The summed E-state index contributed by atoms with van der Waals surface area (Å²) >= 11 is 0. The highest BCUT2D eigenvalue weighted by atomic mass is 19.4. The molecule has 0 bridgehead atoms. The van der Waals surface area contributed by atoms with Crippen LogP contribution in [0.15, 0.2) is 54.6 Å². The van der Waals surface area contributed by atoms with Crippen molar-refractivity contribution in [1.82, 2.24) is 20.4 Å². The molecule has 0 saturated carbocycles. The Morgan fingerprint density at radius 2 is 1.59 bits per heavy atom. The van der Waals surface area contributed by atoms with Crippen molar-refractivity contribution in [1.29, 1.82) is 0 Å². The molecule has 0 unspecified atom stereocenters. The number of alkyl halides is 3. The molecular weight excluding hydrogens is 387 g/mol. The third kappa shape index (κ3) is 4.37. The van der Waals surface area contributed by atoms with E-state index >= 15 is 0 Å². The molecule has 0 aliphatic carbocycles. The molecule has 10 heteroatoms. The minimum Gasteiger partial charge on any atom is -0.486 e. The van der Waals surface area contributed by atoms with Crippen LogP contribution in [0.1, 0.15) is 5.56 Å². The minimum atomic E-state index is -4.71. The van der Waals surface area contributed by atoms with Crippen LogP contribution in [0.2, 0.25) is 0 Å². The average Bonchev–Trinajstić information content (AvgIpc) is 3.14. The van der Waals surface area contributed by atoms with Crippen LogP contribution in [0, 0.1) is 0 Å². The number of benzene rings is 2. The number of hydrogen-bond acceptors (Lipinski definition) is 6. The monoisotopic (exact) mass is 401 g/mol. The van der Waals surface area contributed by atoms with Crippen LogP contribution in [0.3, 0.4) is 0 Å². The van der Waals surface area contributed by atoms with Crippen LogP contribution in [0.5, 0.6) is 11.5 Å². The molecule has 148 valence electrons. The second-order valence-electron chi connectivity index (χ2n) is 6.10. The molecule has 2 heterocycles. The molecule has 0 radical (unpaired) electrons. The van der Waals surface area contributed by atoms with Gasteiger partial charge in [-0.1, -0.05) is 36.4 Å². The maximum Gasteiger partial charge on any atom is 0.573 e. The summed E-state index contributed by atoms with van der Waals surface area (Å²) in [5, 5.41) is 10.4. The predicted octanol–water partition coefficient (Wildman–Crippen LogP) is 4.08. The lowest BCUT2D eigenvalue weighted by molar-refractivity contribution is -0.274. The number of nitrogens with one attached hydrogen (secondary N) is 1. The second-order valence-corrected chi connectivity index (χ2v) is 6.10. The lowest BCUT2D eigenvalue weighted by atomic mass is 10.0. The Morgan fingerprint density at radius 1 is 0.931 bits per heavy atom. The van der Waals surface area contributed by atoms with E-state index in [-0.39, 0.29) is 18.2 Å². The summed E-state index contributed by atoms with van der Waals surface area (Å²) in [6, 6.07) is 14.7. The van der Waals surface area contributed by atoms with E-state index in [2.05, 4.69) is 25.1 Å². The number of halogens is 3.